The van der Waals surface area contributed by atoms with Gasteiger partial charge >= 0.3 is 0 Å². The Morgan fingerprint density at radius 2 is 1.06 bits per heavy atom. The molecule has 2 aromatic carbocycles. The van der Waals surface area contributed by atoms with Crippen LogP contribution in [0.2, 0.25) is 0 Å². The SMILES string of the molecule is O=Nc1ccccc1C=Cc1ccccc1N=O. The van der Waals surface area contributed by atoms with Crippen molar-refractivity contribution in [3.63, 3.8) is 0 Å². The van der Waals surface area contributed by atoms with Crippen molar-refractivity contribution in [2.45, 2.75) is 0 Å². The molecule has 0 aromatic heterocycles. The van der Waals surface area contributed by atoms with Gasteiger partial charge in [-0.15, -0.1) is 9.81 Å². The Kier molecular flexibility index (Phi) is 3.71. The van der Waals surface area contributed by atoms with Gasteiger partial charge in [0, 0.05) is 11.1 Å². The molecule has 0 fully saturated rings. The van der Waals surface area contributed by atoms with Gasteiger partial charge in [-0.2, -0.15) is 0 Å². The van der Waals surface area contributed by atoms with Crippen LogP contribution in [0, 0.1) is 9.81 Å². The maximum absolute atomic E-state index is 10.6. The minimum atomic E-state index is 0.366. The molecule has 88 valence electrons. The number of nitrogens with zero attached hydrogens (tertiary/aromatic N) is 2. The molecule has 0 aliphatic rings. The van der Waals surface area contributed by atoms with Crippen molar-refractivity contribution in [1.82, 2.24) is 0 Å². The van der Waals surface area contributed by atoms with Crippen LogP contribution in [-0.4, -0.2) is 0 Å². The molecule has 0 aliphatic carbocycles. The number of benzene rings is 2. The van der Waals surface area contributed by atoms with Crippen molar-refractivity contribution < 1.29 is 0 Å². The maximum atomic E-state index is 10.6. The van der Waals surface area contributed by atoms with Crippen molar-refractivity contribution >= 4 is 23.5 Å². The van der Waals surface area contributed by atoms with Crippen LogP contribution in [0.4, 0.5) is 11.4 Å². The summed E-state index contributed by atoms with van der Waals surface area (Å²) in [6.45, 7) is 0. The first-order valence-corrected chi connectivity index (χ1v) is 5.38. The lowest BCUT2D eigenvalue weighted by Crippen LogP contribution is -1.75. The lowest BCUT2D eigenvalue weighted by molar-refractivity contribution is 1.47. The molecule has 0 atom stereocenters. The monoisotopic (exact) mass is 238 g/mol. The van der Waals surface area contributed by atoms with E-state index in [0.717, 1.165) is 0 Å². The van der Waals surface area contributed by atoms with Gasteiger partial charge in [0.05, 0.1) is 0 Å². The van der Waals surface area contributed by atoms with Crippen LogP contribution < -0.4 is 0 Å². The summed E-state index contributed by atoms with van der Waals surface area (Å²) in [5.41, 5.74) is 2.14. The summed E-state index contributed by atoms with van der Waals surface area (Å²) in [5, 5.41) is 5.88. The molecule has 0 heterocycles. The molecular weight excluding hydrogens is 228 g/mol. The first-order chi connectivity index (χ1) is 8.85. The van der Waals surface area contributed by atoms with Gasteiger partial charge < -0.3 is 0 Å². The van der Waals surface area contributed by atoms with Gasteiger partial charge in [0.1, 0.15) is 11.4 Å². The summed E-state index contributed by atoms with van der Waals surface area (Å²) in [6.07, 6.45) is 3.47. The third-order valence-corrected chi connectivity index (χ3v) is 2.51. The molecule has 0 aliphatic heterocycles. The average Bonchev–Trinajstić information content (AvgIpc) is 2.45. The van der Waals surface area contributed by atoms with Crippen molar-refractivity contribution in [2.24, 2.45) is 10.4 Å². The third kappa shape index (κ3) is 2.55. The second-order valence-electron chi connectivity index (χ2n) is 3.63. The molecule has 0 spiro atoms. The highest BCUT2D eigenvalue weighted by Crippen LogP contribution is 2.24. The zero-order valence-corrected chi connectivity index (χ0v) is 9.48. The van der Waals surface area contributed by atoms with E-state index >= 15 is 0 Å². The molecule has 0 saturated heterocycles. The quantitative estimate of drug-likeness (QED) is 0.574. The van der Waals surface area contributed by atoms with Crippen LogP contribution in [0.15, 0.2) is 58.9 Å². The fourth-order valence-corrected chi connectivity index (χ4v) is 1.60. The fourth-order valence-electron chi connectivity index (χ4n) is 1.60. The predicted octanol–water partition coefficient (Wildman–Crippen LogP) is 4.65. The van der Waals surface area contributed by atoms with Gasteiger partial charge in [-0.3, -0.25) is 0 Å². The van der Waals surface area contributed by atoms with E-state index in [-0.39, 0.29) is 0 Å². The van der Waals surface area contributed by atoms with Crippen molar-refractivity contribution in [3.05, 3.63) is 69.5 Å². The van der Waals surface area contributed by atoms with Gasteiger partial charge in [-0.25, -0.2) is 0 Å². The van der Waals surface area contributed by atoms with Crippen LogP contribution in [0.25, 0.3) is 12.2 Å². The fraction of sp³-hybridized carbons (Fsp3) is 0. The number of hydrogen-bond donors (Lipinski definition) is 0. The average molecular weight is 238 g/mol. The zero-order chi connectivity index (χ0) is 12.8. The van der Waals surface area contributed by atoms with Crippen molar-refractivity contribution in [3.8, 4) is 0 Å². The first kappa shape index (κ1) is 11.9. The van der Waals surface area contributed by atoms with E-state index in [0.29, 0.717) is 22.5 Å². The van der Waals surface area contributed by atoms with Gasteiger partial charge in [-0.05, 0) is 22.5 Å². The van der Waals surface area contributed by atoms with Crippen LogP contribution in [-0.2, 0) is 0 Å². The molecule has 0 radical (unpaired) electrons. The largest absolute Gasteiger partial charge is 0.145 e. The van der Waals surface area contributed by atoms with Gasteiger partial charge in [0.2, 0.25) is 0 Å². The standard InChI is InChI=1S/C14H10N2O2/c17-15-13-7-3-1-5-11(13)9-10-12-6-2-4-8-14(12)16-18/h1-10H. The Labute approximate surface area is 104 Å². The number of nitroso groups, excluding NO2 is 2. The predicted molar refractivity (Wildman–Crippen MR) is 72.7 cm³/mol. The molecule has 2 aromatic rings. The first-order valence-electron chi connectivity index (χ1n) is 5.38. The van der Waals surface area contributed by atoms with Crippen molar-refractivity contribution in [2.75, 3.05) is 0 Å². The molecule has 2 rings (SSSR count). The van der Waals surface area contributed by atoms with Crippen LogP contribution in [0.1, 0.15) is 11.1 Å². The highest BCUT2D eigenvalue weighted by molar-refractivity contribution is 5.78. The van der Waals surface area contributed by atoms with E-state index in [1.54, 1.807) is 48.6 Å². The summed E-state index contributed by atoms with van der Waals surface area (Å²) >= 11 is 0. The molecular formula is C14H10N2O2. The third-order valence-electron chi connectivity index (χ3n) is 2.51. The Bertz CT molecular complexity index is 553. The van der Waals surface area contributed by atoms with E-state index < -0.39 is 0 Å². The van der Waals surface area contributed by atoms with E-state index in [2.05, 4.69) is 10.4 Å². The van der Waals surface area contributed by atoms with E-state index in [9.17, 15) is 9.81 Å². The van der Waals surface area contributed by atoms with Gasteiger partial charge in [0.25, 0.3) is 0 Å². The summed E-state index contributed by atoms with van der Waals surface area (Å²) in [6, 6.07) is 14.0. The summed E-state index contributed by atoms with van der Waals surface area (Å²) in [7, 11) is 0. The molecule has 4 heteroatoms. The molecule has 18 heavy (non-hydrogen) atoms. The number of rotatable bonds is 4. The highest BCUT2D eigenvalue weighted by Gasteiger charge is 2.00. The van der Waals surface area contributed by atoms with Crippen LogP contribution in [0.5, 0.6) is 0 Å². The van der Waals surface area contributed by atoms with E-state index in [1.807, 2.05) is 12.1 Å². The lowest BCUT2D eigenvalue weighted by Gasteiger charge is -1.98. The minimum absolute atomic E-state index is 0.366. The van der Waals surface area contributed by atoms with Gasteiger partial charge in [0.15, 0.2) is 0 Å². The summed E-state index contributed by atoms with van der Waals surface area (Å²) in [4.78, 5) is 21.2. The minimum Gasteiger partial charge on any atom is -0.145 e. The Morgan fingerprint density at radius 3 is 1.44 bits per heavy atom. The second-order valence-corrected chi connectivity index (χ2v) is 3.63. The molecule has 0 saturated carbocycles. The van der Waals surface area contributed by atoms with Gasteiger partial charge in [-0.1, -0.05) is 48.6 Å². The normalized spacial score (nSPS) is 10.4. The van der Waals surface area contributed by atoms with E-state index in [4.69, 9.17) is 0 Å². The molecule has 0 amide bonds. The molecule has 0 N–H and O–H groups in total. The summed E-state index contributed by atoms with van der Waals surface area (Å²) in [5.74, 6) is 0. The van der Waals surface area contributed by atoms with Crippen LogP contribution >= 0.6 is 0 Å². The molecule has 4 nitrogen and oxygen atoms in total. The zero-order valence-electron chi connectivity index (χ0n) is 9.48. The second kappa shape index (κ2) is 5.63. The van der Waals surface area contributed by atoms with Crippen LogP contribution in [0.3, 0.4) is 0 Å². The van der Waals surface area contributed by atoms with E-state index in [1.165, 1.54) is 0 Å². The molecule has 0 bridgehead atoms. The summed E-state index contributed by atoms with van der Waals surface area (Å²) < 4.78 is 0. The lowest BCUT2D eigenvalue weighted by atomic mass is 10.1. The van der Waals surface area contributed by atoms with Crippen molar-refractivity contribution in [1.29, 1.82) is 0 Å². The topological polar surface area (TPSA) is 58.9 Å². The Morgan fingerprint density at radius 1 is 0.667 bits per heavy atom. The Hall–Kier alpha value is -2.62. The number of hydrogen-bond acceptors (Lipinski definition) is 4. The highest BCUT2D eigenvalue weighted by atomic mass is 16.3. The maximum Gasteiger partial charge on any atom is 0.115 e. The smallest absolute Gasteiger partial charge is 0.115 e. The molecule has 0 unspecified atom stereocenters. The Balaban J connectivity index is 2.35.